The molecule has 0 bridgehead atoms. The van der Waals surface area contributed by atoms with Gasteiger partial charge in [-0.1, -0.05) is 19.1 Å². The number of rotatable bonds is 4. The molecule has 56 valence electrons. The molecule has 0 aromatic heterocycles. The highest BCUT2D eigenvalue weighted by Crippen LogP contribution is 1.87. The van der Waals surface area contributed by atoms with E-state index in [1.807, 2.05) is 6.92 Å². The first-order valence-electron chi connectivity index (χ1n) is 3.09. The van der Waals surface area contributed by atoms with Crippen molar-refractivity contribution in [2.24, 2.45) is 0 Å². The van der Waals surface area contributed by atoms with Crippen LogP contribution < -0.4 is 0 Å². The molecule has 0 amide bonds. The maximum absolute atomic E-state index is 10.4. The Hall–Kier alpha value is -1.12. The number of carbonyl (C=O) groups excluding carboxylic acids is 1. The molecule has 0 radical (unpaired) electrons. The van der Waals surface area contributed by atoms with Crippen molar-refractivity contribution in [3.05, 3.63) is 12.2 Å². The molecule has 0 aliphatic rings. The minimum Gasteiger partial charge on any atom is -0.475 e. The van der Waals surface area contributed by atoms with Gasteiger partial charge in [0.15, 0.2) is 0 Å². The van der Waals surface area contributed by atoms with E-state index < -0.39 is 11.8 Å². The van der Waals surface area contributed by atoms with E-state index in [0.717, 1.165) is 6.42 Å². The fourth-order valence-corrected chi connectivity index (χ4v) is 0.444. The number of Topliss-reactive ketones (excluding diaryl/α,β-unsaturated/α-hetero) is 1. The average Bonchev–Trinajstić information content (AvgIpc) is 1.88. The van der Waals surface area contributed by atoms with Gasteiger partial charge in [-0.2, -0.15) is 0 Å². The summed E-state index contributed by atoms with van der Waals surface area (Å²) >= 11 is 0. The van der Waals surface area contributed by atoms with Crippen LogP contribution in [0.15, 0.2) is 12.2 Å². The number of carbonyl (C=O) groups is 2. The van der Waals surface area contributed by atoms with Crippen molar-refractivity contribution in [2.75, 3.05) is 0 Å². The van der Waals surface area contributed by atoms with E-state index in [2.05, 4.69) is 0 Å². The van der Waals surface area contributed by atoms with Gasteiger partial charge in [-0.05, 0) is 6.42 Å². The van der Waals surface area contributed by atoms with Gasteiger partial charge in [0.05, 0.1) is 0 Å². The lowest BCUT2D eigenvalue weighted by Gasteiger charge is -1.85. The minimum atomic E-state index is -1.36. The van der Waals surface area contributed by atoms with Crippen LogP contribution >= 0.6 is 0 Å². The number of hydrogen-bond acceptors (Lipinski definition) is 2. The van der Waals surface area contributed by atoms with E-state index in [0.29, 0.717) is 0 Å². The molecule has 10 heavy (non-hydrogen) atoms. The summed E-state index contributed by atoms with van der Waals surface area (Å²) in [5, 5.41) is 8.10. The molecule has 1 N–H and O–H groups in total. The van der Waals surface area contributed by atoms with Crippen LogP contribution in [0.3, 0.4) is 0 Å². The Labute approximate surface area is 59.4 Å². The molecule has 0 aromatic carbocycles. The number of aliphatic carboxylic acids is 1. The highest BCUT2D eigenvalue weighted by Gasteiger charge is 2.06. The van der Waals surface area contributed by atoms with E-state index in [4.69, 9.17) is 5.11 Å². The Morgan fingerprint density at radius 1 is 1.40 bits per heavy atom. The zero-order valence-electron chi connectivity index (χ0n) is 5.83. The third-order valence-corrected chi connectivity index (χ3v) is 0.944. The Balaban J connectivity index is 3.60. The van der Waals surface area contributed by atoms with Crippen LogP contribution in [0.2, 0.25) is 0 Å². The predicted octanol–water partition coefficient (Wildman–Crippen LogP) is 0.996. The van der Waals surface area contributed by atoms with Crippen LogP contribution in [0.1, 0.15) is 19.8 Å². The van der Waals surface area contributed by atoms with Gasteiger partial charge in [0, 0.05) is 6.42 Å². The summed E-state index contributed by atoms with van der Waals surface area (Å²) in [7, 11) is 0. The molecule has 0 unspecified atom stereocenters. The molecule has 0 aromatic rings. The maximum atomic E-state index is 10.4. The average molecular weight is 142 g/mol. The maximum Gasteiger partial charge on any atom is 0.372 e. The molecule has 0 aliphatic carbocycles. The Kier molecular flexibility index (Phi) is 4.20. The fourth-order valence-electron chi connectivity index (χ4n) is 0.444. The first kappa shape index (κ1) is 8.88. The van der Waals surface area contributed by atoms with Crippen LogP contribution in [0, 0.1) is 0 Å². The van der Waals surface area contributed by atoms with Crippen molar-refractivity contribution >= 4 is 11.8 Å². The lowest BCUT2D eigenvalue weighted by molar-refractivity contribution is -0.148. The Bertz CT molecular complexity index is 158. The smallest absolute Gasteiger partial charge is 0.372 e. The van der Waals surface area contributed by atoms with Crippen LogP contribution in [0.4, 0.5) is 0 Å². The standard InChI is InChI=1S/C7H10O3/c1-2-3-4-5-6(8)7(9)10/h3-4H,2,5H2,1H3,(H,9,10)/b4-3-. The lowest BCUT2D eigenvalue weighted by Crippen LogP contribution is -2.10. The van der Waals surface area contributed by atoms with Gasteiger partial charge in [0.1, 0.15) is 0 Å². The second-order valence-electron chi connectivity index (χ2n) is 1.81. The van der Waals surface area contributed by atoms with Crippen LogP contribution in [-0.2, 0) is 9.59 Å². The van der Waals surface area contributed by atoms with Gasteiger partial charge in [0.25, 0.3) is 0 Å². The van der Waals surface area contributed by atoms with Gasteiger partial charge in [-0.25, -0.2) is 4.79 Å². The van der Waals surface area contributed by atoms with E-state index in [1.165, 1.54) is 0 Å². The molecular weight excluding hydrogens is 132 g/mol. The summed E-state index contributed by atoms with van der Waals surface area (Å²) in [6.45, 7) is 1.92. The van der Waals surface area contributed by atoms with E-state index in [1.54, 1.807) is 12.2 Å². The number of allylic oxidation sites excluding steroid dienone is 2. The molecule has 0 rings (SSSR count). The summed E-state index contributed by atoms with van der Waals surface area (Å²) in [5.41, 5.74) is 0. The largest absolute Gasteiger partial charge is 0.475 e. The van der Waals surface area contributed by atoms with Crippen LogP contribution in [0.25, 0.3) is 0 Å². The van der Waals surface area contributed by atoms with E-state index >= 15 is 0 Å². The second kappa shape index (κ2) is 4.73. The third kappa shape index (κ3) is 3.83. The first-order valence-corrected chi connectivity index (χ1v) is 3.09. The molecule has 0 atom stereocenters. The molecule has 3 heteroatoms. The summed E-state index contributed by atoms with van der Waals surface area (Å²) in [6.07, 6.45) is 4.16. The van der Waals surface area contributed by atoms with Crippen molar-refractivity contribution in [1.29, 1.82) is 0 Å². The van der Waals surface area contributed by atoms with Gasteiger partial charge in [0.2, 0.25) is 5.78 Å². The highest BCUT2D eigenvalue weighted by molar-refractivity contribution is 6.33. The number of ketones is 1. The van der Waals surface area contributed by atoms with Crippen molar-refractivity contribution in [3.63, 3.8) is 0 Å². The molecule has 0 spiro atoms. The molecular formula is C7H10O3. The lowest BCUT2D eigenvalue weighted by atomic mass is 10.2. The zero-order chi connectivity index (χ0) is 7.98. The van der Waals surface area contributed by atoms with Gasteiger partial charge >= 0.3 is 5.97 Å². The van der Waals surface area contributed by atoms with Crippen molar-refractivity contribution in [1.82, 2.24) is 0 Å². The monoisotopic (exact) mass is 142 g/mol. The third-order valence-electron chi connectivity index (χ3n) is 0.944. The number of carboxylic acid groups (broad SMARTS) is 1. The zero-order valence-corrected chi connectivity index (χ0v) is 5.83. The minimum absolute atomic E-state index is 0.00315. The first-order chi connectivity index (χ1) is 4.68. The van der Waals surface area contributed by atoms with Crippen LogP contribution in [0.5, 0.6) is 0 Å². The molecule has 0 saturated carbocycles. The summed E-state index contributed by atoms with van der Waals surface area (Å²) in [5.74, 6) is -2.12. The molecule has 3 nitrogen and oxygen atoms in total. The van der Waals surface area contributed by atoms with E-state index in [9.17, 15) is 9.59 Å². The fraction of sp³-hybridized carbons (Fsp3) is 0.429. The van der Waals surface area contributed by atoms with Gasteiger partial charge in [-0.15, -0.1) is 0 Å². The number of hydrogen-bond donors (Lipinski definition) is 1. The molecule has 0 fully saturated rings. The Morgan fingerprint density at radius 2 is 2.00 bits per heavy atom. The molecule has 0 heterocycles. The van der Waals surface area contributed by atoms with Crippen LogP contribution in [-0.4, -0.2) is 16.9 Å². The van der Waals surface area contributed by atoms with Crippen molar-refractivity contribution in [2.45, 2.75) is 19.8 Å². The predicted molar refractivity (Wildman–Crippen MR) is 36.7 cm³/mol. The summed E-state index contributed by atoms with van der Waals surface area (Å²) in [4.78, 5) is 20.3. The van der Waals surface area contributed by atoms with Crippen molar-refractivity contribution in [3.8, 4) is 0 Å². The van der Waals surface area contributed by atoms with Gasteiger partial charge < -0.3 is 5.11 Å². The highest BCUT2D eigenvalue weighted by atomic mass is 16.4. The normalized spacial score (nSPS) is 10.1. The quantitative estimate of drug-likeness (QED) is 0.470. The molecule has 0 saturated heterocycles. The van der Waals surface area contributed by atoms with Crippen molar-refractivity contribution < 1.29 is 14.7 Å². The second-order valence-corrected chi connectivity index (χ2v) is 1.81. The molecule has 0 aliphatic heterocycles. The van der Waals surface area contributed by atoms with E-state index in [-0.39, 0.29) is 6.42 Å². The summed E-state index contributed by atoms with van der Waals surface area (Å²) < 4.78 is 0. The topological polar surface area (TPSA) is 54.4 Å². The Morgan fingerprint density at radius 3 is 2.40 bits per heavy atom. The van der Waals surface area contributed by atoms with Gasteiger partial charge in [-0.3, -0.25) is 4.79 Å². The summed E-state index contributed by atoms with van der Waals surface area (Å²) in [6, 6.07) is 0. The number of carboxylic acids is 1. The SMILES string of the molecule is CC/C=C\CC(=O)C(=O)O.